The molecule has 1 atom stereocenters. The van der Waals surface area contributed by atoms with Crippen LogP contribution in [-0.2, 0) is 27.4 Å². The van der Waals surface area contributed by atoms with Crippen molar-refractivity contribution in [2.45, 2.75) is 59.2 Å². The third-order valence-electron chi connectivity index (χ3n) is 6.52. The van der Waals surface area contributed by atoms with E-state index >= 15 is 0 Å². The van der Waals surface area contributed by atoms with Crippen LogP contribution in [0.4, 0.5) is 0 Å². The molecule has 186 valence electrons. The molecular formula is C26H37N3O5. The number of carbonyl (C=O) groups is 1. The highest BCUT2D eigenvalue weighted by Crippen LogP contribution is 2.33. The fourth-order valence-electron chi connectivity index (χ4n) is 4.49. The van der Waals surface area contributed by atoms with Gasteiger partial charge in [0, 0.05) is 43.8 Å². The minimum Gasteiger partial charge on any atom is -0.493 e. The van der Waals surface area contributed by atoms with Crippen molar-refractivity contribution in [2.75, 3.05) is 40.1 Å². The van der Waals surface area contributed by atoms with Crippen LogP contribution in [0.25, 0.3) is 0 Å². The Morgan fingerprint density at radius 3 is 2.71 bits per heavy atom. The Morgan fingerprint density at radius 2 is 2.09 bits per heavy atom. The summed E-state index contributed by atoms with van der Waals surface area (Å²) in [5.74, 6) is 1.48. The van der Waals surface area contributed by atoms with Gasteiger partial charge in [0.25, 0.3) is 0 Å². The Kier molecular flexibility index (Phi) is 7.78. The lowest BCUT2D eigenvalue weighted by atomic mass is 9.90. The maximum absolute atomic E-state index is 13.3. The van der Waals surface area contributed by atoms with E-state index in [-0.39, 0.29) is 17.4 Å². The predicted molar refractivity (Wildman–Crippen MR) is 128 cm³/mol. The summed E-state index contributed by atoms with van der Waals surface area (Å²) in [6.45, 7) is 10.5. The lowest BCUT2D eigenvalue weighted by Gasteiger charge is -2.37. The first-order valence-corrected chi connectivity index (χ1v) is 12.1. The number of aryl methyl sites for hydroxylation is 3. The highest BCUT2D eigenvalue weighted by atomic mass is 16.5. The molecule has 34 heavy (non-hydrogen) atoms. The maximum atomic E-state index is 13.3. The van der Waals surface area contributed by atoms with E-state index in [2.05, 4.69) is 12.0 Å². The third-order valence-corrected chi connectivity index (χ3v) is 6.52. The van der Waals surface area contributed by atoms with Crippen LogP contribution < -0.4 is 9.47 Å². The van der Waals surface area contributed by atoms with Gasteiger partial charge in [0.1, 0.15) is 0 Å². The maximum Gasteiger partial charge on any atom is 0.224 e. The number of ether oxygens (including phenoxy) is 4. The fourth-order valence-corrected chi connectivity index (χ4v) is 4.49. The van der Waals surface area contributed by atoms with Gasteiger partial charge >= 0.3 is 0 Å². The van der Waals surface area contributed by atoms with Gasteiger partial charge in [0.2, 0.25) is 5.91 Å². The van der Waals surface area contributed by atoms with Crippen molar-refractivity contribution >= 4 is 5.91 Å². The van der Waals surface area contributed by atoms with E-state index in [9.17, 15) is 4.79 Å². The molecule has 0 radical (unpaired) electrons. The summed E-state index contributed by atoms with van der Waals surface area (Å²) in [6.07, 6.45) is 2.51. The van der Waals surface area contributed by atoms with Gasteiger partial charge < -0.3 is 23.8 Å². The first-order chi connectivity index (χ1) is 16.3. The van der Waals surface area contributed by atoms with E-state index in [1.807, 2.05) is 47.7 Å². The van der Waals surface area contributed by atoms with Crippen LogP contribution in [0.2, 0.25) is 0 Å². The standard InChI is InChI=1S/C26H37N3O5/c1-19-12-20(2)29(27-19)10-9-25(30)28(15-22-6-5-11-33-22)14-21-7-8-23(31-4)24(13-21)34-18-26(3)16-32-17-26/h7-8,12-13,22H,5-6,9-11,14-18H2,1-4H3/t22-/m1/s1. The van der Waals surface area contributed by atoms with E-state index < -0.39 is 0 Å². The molecule has 2 fully saturated rings. The van der Waals surface area contributed by atoms with Crippen LogP contribution in [0.15, 0.2) is 24.3 Å². The zero-order chi connectivity index (χ0) is 24.1. The van der Waals surface area contributed by atoms with Crippen molar-refractivity contribution in [1.82, 2.24) is 14.7 Å². The number of hydrogen-bond acceptors (Lipinski definition) is 6. The molecule has 2 aliphatic rings. The number of rotatable bonds is 11. The average Bonchev–Trinajstić information content (AvgIpc) is 3.43. The van der Waals surface area contributed by atoms with Crippen molar-refractivity contribution in [1.29, 1.82) is 0 Å². The summed E-state index contributed by atoms with van der Waals surface area (Å²) >= 11 is 0. The van der Waals surface area contributed by atoms with Crippen molar-refractivity contribution in [3.05, 3.63) is 41.2 Å². The normalized spacial score (nSPS) is 19.0. The lowest BCUT2D eigenvalue weighted by Crippen LogP contribution is -2.44. The van der Waals surface area contributed by atoms with Gasteiger partial charge in [-0.05, 0) is 50.5 Å². The molecule has 4 rings (SSSR count). The van der Waals surface area contributed by atoms with E-state index in [0.717, 1.165) is 36.4 Å². The topological polar surface area (TPSA) is 75.1 Å². The van der Waals surface area contributed by atoms with Crippen LogP contribution >= 0.6 is 0 Å². The van der Waals surface area contributed by atoms with Crippen molar-refractivity contribution in [3.8, 4) is 11.5 Å². The molecule has 0 N–H and O–H groups in total. The molecule has 2 aromatic rings. The summed E-state index contributed by atoms with van der Waals surface area (Å²) in [5, 5.41) is 4.49. The van der Waals surface area contributed by atoms with Gasteiger partial charge in [-0.3, -0.25) is 9.48 Å². The zero-order valence-corrected chi connectivity index (χ0v) is 20.8. The van der Waals surface area contributed by atoms with Crippen LogP contribution in [-0.4, -0.2) is 66.8 Å². The number of nitrogens with zero attached hydrogens (tertiary/aromatic N) is 3. The number of aromatic nitrogens is 2. The molecule has 1 aromatic carbocycles. The molecule has 0 spiro atoms. The largest absolute Gasteiger partial charge is 0.493 e. The molecule has 8 heteroatoms. The van der Waals surface area contributed by atoms with Gasteiger partial charge in [0.05, 0.1) is 38.7 Å². The second kappa shape index (κ2) is 10.8. The molecule has 0 bridgehead atoms. The number of methoxy groups -OCH3 is 1. The van der Waals surface area contributed by atoms with Crippen molar-refractivity contribution < 1.29 is 23.7 Å². The Balaban J connectivity index is 1.45. The third kappa shape index (κ3) is 6.10. The number of carbonyl (C=O) groups excluding carboxylic acids is 1. The molecular weight excluding hydrogens is 434 g/mol. The summed E-state index contributed by atoms with van der Waals surface area (Å²) in [4.78, 5) is 15.2. The highest BCUT2D eigenvalue weighted by Gasteiger charge is 2.34. The van der Waals surface area contributed by atoms with Crippen molar-refractivity contribution in [3.63, 3.8) is 0 Å². The average molecular weight is 472 g/mol. The molecule has 0 aliphatic carbocycles. The van der Waals surface area contributed by atoms with Gasteiger partial charge in [-0.25, -0.2) is 0 Å². The zero-order valence-electron chi connectivity index (χ0n) is 20.8. The van der Waals surface area contributed by atoms with Gasteiger partial charge in [0.15, 0.2) is 11.5 Å². The summed E-state index contributed by atoms with van der Waals surface area (Å²) in [5.41, 5.74) is 3.07. The molecule has 1 aromatic heterocycles. The second-order valence-corrected chi connectivity index (χ2v) is 9.89. The lowest BCUT2D eigenvalue weighted by molar-refractivity contribution is -0.133. The molecule has 8 nitrogen and oxygen atoms in total. The van der Waals surface area contributed by atoms with Crippen LogP contribution in [0, 0.1) is 19.3 Å². The monoisotopic (exact) mass is 471 g/mol. The highest BCUT2D eigenvalue weighted by molar-refractivity contribution is 5.76. The second-order valence-electron chi connectivity index (χ2n) is 9.89. The Bertz CT molecular complexity index is 979. The molecule has 2 saturated heterocycles. The Hall–Kier alpha value is -2.58. The summed E-state index contributed by atoms with van der Waals surface area (Å²) in [7, 11) is 1.64. The van der Waals surface area contributed by atoms with E-state index in [1.165, 1.54) is 0 Å². The minimum atomic E-state index is 0.0335. The van der Waals surface area contributed by atoms with E-state index in [4.69, 9.17) is 18.9 Å². The minimum absolute atomic E-state index is 0.0335. The van der Waals surface area contributed by atoms with Crippen molar-refractivity contribution in [2.24, 2.45) is 5.41 Å². The van der Waals surface area contributed by atoms with Gasteiger partial charge in [-0.15, -0.1) is 0 Å². The molecule has 2 aliphatic heterocycles. The molecule has 0 unspecified atom stereocenters. The van der Waals surface area contributed by atoms with E-state index in [0.29, 0.717) is 57.4 Å². The SMILES string of the molecule is COc1ccc(CN(C[C@H]2CCCO2)C(=O)CCn2nc(C)cc2C)cc1OCC1(C)COC1. The summed E-state index contributed by atoms with van der Waals surface area (Å²) < 4.78 is 24.7. The fraction of sp³-hybridized carbons (Fsp3) is 0.615. The molecule has 0 saturated carbocycles. The number of amides is 1. The molecule has 3 heterocycles. The first kappa shape index (κ1) is 24.5. The van der Waals surface area contributed by atoms with Crippen LogP contribution in [0.1, 0.15) is 43.1 Å². The van der Waals surface area contributed by atoms with Gasteiger partial charge in [-0.2, -0.15) is 5.10 Å². The van der Waals surface area contributed by atoms with Gasteiger partial charge in [-0.1, -0.05) is 13.0 Å². The predicted octanol–water partition coefficient (Wildman–Crippen LogP) is 3.52. The smallest absolute Gasteiger partial charge is 0.224 e. The summed E-state index contributed by atoms with van der Waals surface area (Å²) in [6, 6.07) is 7.92. The van der Waals surface area contributed by atoms with Crippen LogP contribution in [0.5, 0.6) is 11.5 Å². The Labute approximate surface area is 202 Å². The number of benzene rings is 1. The Morgan fingerprint density at radius 1 is 1.26 bits per heavy atom. The first-order valence-electron chi connectivity index (χ1n) is 12.1. The molecule has 1 amide bonds. The number of hydrogen-bond donors (Lipinski definition) is 0. The van der Waals surface area contributed by atoms with E-state index in [1.54, 1.807) is 7.11 Å². The van der Waals surface area contributed by atoms with Crippen LogP contribution in [0.3, 0.4) is 0 Å². The quantitative estimate of drug-likeness (QED) is 0.499.